The summed E-state index contributed by atoms with van der Waals surface area (Å²) in [7, 11) is 0. The van der Waals surface area contributed by atoms with Crippen LogP contribution < -0.4 is 10.6 Å². The van der Waals surface area contributed by atoms with Gasteiger partial charge >= 0.3 is 12.1 Å². The number of rotatable bonds is 6. The van der Waals surface area contributed by atoms with Crippen LogP contribution in [-0.4, -0.2) is 39.8 Å². The van der Waals surface area contributed by atoms with Crippen molar-refractivity contribution in [3.05, 3.63) is 53.6 Å². The molecule has 5 saturated carbocycles. The molecule has 0 unspecified atom stereocenters. The van der Waals surface area contributed by atoms with Crippen LogP contribution in [0.2, 0.25) is 0 Å². The molecule has 0 heterocycles. The number of carbonyl (C=O) groups excluding carboxylic acids is 2. The third-order valence-corrected chi connectivity index (χ3v) is 16.4. The minimum atomic E-state index is -0.886. The molecule has 7 rings (SSSR count). The minimum Gasteiger partial charge on any atom is -0.478 e. The van der Waals surface area contributed by atoms with E-state index < -0.39 is 23.2 Å². The molecule has 0 bridgehead atoms. The number of nitrogens with one attached hydrogen (secondary N) is 2. The van der Waals surface area contributed by atoms with Gasteiger partial charge in [-0.1, -0.05) is 65.0 Å². The van der Waals surface area contributed by atoms with Crippen LogP contribution >= 0.6 is 0 Å². The number of allylic oxidation sites excluding steroid dienone is 3. The van der Waals surface area contributed by atoms with Gasteiger partial charge < -0.3 is 20.5 Å². The number of carbonyl (C=O) groups is 3. The van der Waals surface area contributed by atoms with Crippen molar-refractivity contribution in [1.82, 2.24) is 10.6 Å². The molecule has 6 aliphatic carbocycles. The molecule has 0 aromatic heterocycles. The van der Waals surface area contributed by atoms with Crippen molar-refractivity contribution in [2.45, 2.75) is 150 Å². The van der Waals surface area contributed by atoms with E-state index in [1.54, 1.807) is 12.1 Å². The SMILES string of the molecule is C=C(C)[C@@H]1CC[C@]2(NC(=O)C3(NC(=O)OC(C)(C)C)CC3)CC[C@]3(C)[C@H](CC[C@@H]4[C@@]5(C)CC=C(c6ccc(C(=O)O)cc6)C(C)(C)[C@@H]5CC[C@]43C)[C@@H]12. The van der Waals surface area contributed by atoms with E-state index in [9.17, 15) is 19.5 Å². The minimum absolute atomic E-state index is 0.0353. The van der Waals surface area contributed by atoms with E-state index in [1.807, 2.05) is 32.9 Å². The summed E-state index contributed by atoms with van der Waals surface area (Å²) in [4.78, 5) is 38.6. The number of ether oxygens (including phenoxy) is 1. The van der Waals surface area contributed by atoms with E-state index in [0.717, 1.165) is 37.7 Å². The summed E-state index contributed by atoms with van der Waals surface area (Å²) in [6.07, 6.45) is 13.1. The van der Waals surface area contributed by atoms with Crippen molar-refractivity contribution in [3.8, 4) is 0 Å². The molecule has 2 amide bonds. The molecule has 0 aliphatic heterocycles. The Morgan fingerprint density at radius 2 is 1.50 bits per heavy atom. The second-order valence-corrected chi connectivity index (χ2v) is 20.4. The average molecular weight is 713 g/mol. The Kier molecular flexibility index (Phi) is 8.56. The lowest BCUT2D eigenvalue weighted by Gasteiger charge is -2.72. The fourth-order valence-corrected chi connectivity index (χ4v) is 13.6. The second kappa shape index (κ2) is 12.0. The van der Waals surface area contributed by atoms with E-state index >= 15 is 0 Å². The molecule has 3 N–H and O–H groups in total. The average Bonchev–Trinajstić information content (AvgIpc) is 3.72. The molecular weight excluding hydrogens is 649 g/mol. The third-order valence-electron chi connectivity index (χ3n) is 16.4. The molecule has 0 saturated heterocycles. The molecule has 9 atom stereocenters. The maximum atomic E-state index is 14.2. The van der Waals surface area contributed by atoms with Crippen molar-refractivity contribution < 1.29 is 24.2 Å². The van der Waals surface area contributed by atoms with Gasteiger partial charge in [0.1, 0.15) is 11.1 Å². The summed E-state index contributed by atoms with van der Waals surface area (Å²) < 4.78 is 5.57. The number of benzene rings is 1. The third kappa shape index (κ3) is 5.51. The van der Waals surface area contributed by atoms with Crippen molar-refractivity contribution >= 4 is 23.5 Å². The predicted octanol–water partition coefficient (Wildman–Crippen LogP) is 9.96. The highest BCUT2D eigenvalue weighted by Crippen LogP contribution is 2.76. The molecule has 6 aliphatic rings. The van der Waals surface area contributed by atoms with E-state index in [1.165, 1.54) is 36.8 Å². The maximum absolute atomic E-state index is 14.2. The van der Waals surface area contributed by atoms with Crippen molar-refractivity contribution in [2.75, 3.05) is 0 Å². The Morgan fingerprint density at radius 1 is 0.827 bits per heavy atom. The standard InChI is InChI=1S/C45H64N2O5/c1-27(2)30-17-22-44(46-37(50)45(25-26-45)47-38(51)52-39(3,4)5)24-23-42(9)32(35(30)44)15-16-34-41(8)20-18-31(28-11-13-29(14-12-28)36(48)49)40(6,7)33(41)19-21-43(34,42)10/h11-14,18,30,32-35H,1,15-17,19-26H2,2-10H3,(H,46,50)(H,47,51)(H,48,49)/t30-,32+,33-,34+,35+,41-,42+,43+,44-/m0/s1. The van der Waals surface area contributed by atoms with Crippen molar-refractivity contribution in [2.24, 2.45) is 51.2 Å². The predicted molar refractivity (Wildman–Crippen MR) is 206 cm³/mol. The van der Waals surface area contributed by atoms with Gasteiger partial charge in [-0.25, -0.2) is 9.59 Å². The quantitative estimate of drug-likeness (QED) is 0.255. The molecule has 7 nitrogen and oxygen atoms in total. The van der Waals surface area contributed by atoms with Crippen LogP contribution in [-0.2, 0) is 9.53 Å². The highest BCUT2D eigenvalue weighted by atomic mass is 16.6. The summed E-state index contributed by atoms with van der Waals surface area (Å²) in [5.74, 6) is 1.38. The maximum Gasteiger partial charge on any atom is 0.408 e. The number of aromatic carboxylic acids is 1. The normalized spacial score (nSPS) is 39.7. The lowest BCUT2D eigenvalue weighted by Crippen LogP contribution is -2.69. The van der Waals surface area contributed by atoms with Gasteiger partial charge in [-0.05, 0) is 173 Å². The highest BCUT2D eigenvalue weighted by molar-refractivity contribution is 5.93. The van der Waals surface area contributed by atoms with Crippen LogP contribution in [0.1, 0.15) is 149 Å². The Labute approximate surface area is 312 Å². The zero-order valence-electron chi connectivity index (χ0n) is 33.3. The van der Waals surface area contributed by atoms with Crippen molar-refractivity contribution in [1.29, 1.82) is 0 Å². The van der Waals surface area contributed by atoms with Gasteiger partial charge in [-0.2, -0.15) is 0 Å². The largest absolute Gasteiger partial charge is 0.478 e. The van der Waals surface area contributed by atoms with Gasteiger partial charge in [0, 0.05) is 5.54 Å². The van der Waals surface area contributed by atoms with Crippen molar-refractivity contribution in [3.63, 3.8) is 0 Å². The molecule has 1 aromatic carbocycles. The lowest BCUT2D eigenvalue weighted by molar-refractivity contribution is -0.219. The van der Waals surface area contributed by atoms with E-state index in [0.29, 0.717) is 48.0 Å². The Bertz CT molecular complexity index is 1700. The molecule has 52 heavy (non-hydrogen) atoms. The number of hydrogen-bond acceptors (Lipinski definition) is 4. The number of hydrogen-bond donors (Lipinski definition) is 3. The molecular formula is C45H64N2O5. The van der Waals surface area contributed by atoms with Gasteiger partial charge in [0.05, 0.1) is 5.56 Å². The van der Waals surface area contributed by atoms with Crippen LogP contribution in [0, 0.1) is 51.2 Å². The number of carboxylic acids is 1. The summed E-state index contributed by atoms with van der Waals surface area (Å²) in [5, 5.41) is 16.2. The number of fused-ring (bicyclic) bond motifs is 7. The van der Waals surface area contributed by atoms with Crippen LogP contribution in [0.4, 0.5) is 4.79 Å². The molecule has 0 spiro atoms. The number of carboxylic acid groups (broad SMARTS) is 1. The molecule has 1 aromatic rings. The molecule has 0 radical (unpaired) electrons. The van der Waals surface area contributed by atoms with Gasteiger partial charge in [0.25, 0.3) is 0 Å². The first-order valence-electron chi connectivity index (χ1n) is 20.2. The van der Waals surface area contributed by atoms with Gasteiger partial charge in [-0.15, -0.1) is 0 Å². The van der Waals surface area contributed by atoms with Crippen LogP contribution in [0.15, 0.2) is 42.5 Å². The first-order valence-corrected chi connectivity index (χ1v) is 20.2. The highest BCUT2D eigenvalue weighted by Gasteiger charge is 2.71. The summed E-state index contributed by atoms with van der Waals surface area (Å²) in [6.45, 7) is 25.0. The summed E-state index contributed by atoms with van der Waals surface area (Å²) in [6, 6.07) is 7.50. The number of amides is 2. The first-order chi connectivity index (χ1) is 24.1. The van der Waals surface area contributed by atoms with Crippen LogP contribution in [0.5, 0.6) is 0 Å². The Balaban J connectivity index is 1.17. The van der Waals surface area contributed by atoms with Crippen LogP contribution in [0.3, 0.4) is 0 Å². The topological polar surface area (TPSA) is 105 Å². The smallest absolute Gasteiger partial charge is 0.408 e. The first kappa shape index (κ1) is 37.2. The second-order valence-electron chi connectivity index (χ2n) is 20.4. The van der Waals surface area contributed by atoms with E-state index in [4.69, 9.17) is 4.74 Å². The van der Waals surface area contributed by atoms with Gasteiger partial charge in [0.2, 0.25) is 5.91 Å². The fraction of sp³-hybridized carbons (Fsp3) is 0.711. The zero-order valence-corrected chi connectivity index (χ0v) is 33.3. The molecule has 284 valence electrons. The summed E-state index contributed by atoms with van der Waals surface area (Å²) in [5.41, 5.74) is 2.71. The zero-order chi connectivity index (χ0) is 37.9. The number of alkyl carbamates (subject to hydrolysis) is 1. The monoisotopic (exact) mass is 712 g/mol. The Hall–Kier alpha value is -3.09. The lowest BCUT2D eigenvalue weighted by atomic mass is 9.33. The van der Waals surface area contributed by atoms with Gasteiger partial charge in [-0.3, -0.25) is 4.79 Å². The Morgan fingerprint density at radius 3 is 2.10 bits per heavy atom. The van der Waals surface area contributed by atoms with Gasteiger partial charge in [0.15, 0.2) is 0 Å². The molecule has 7 heteroatoms. The molecule has 5 fully saturated rings. The fourth-order valence-electron chi connectivity index (χ4n) is 13.6. The summed E-state index contributed by atoms with van der Waals surface area (Å²) >= 11 is 0. The van der Waals surface area contributed by atoms with E-state index in [2.05, 4.69) is 64.8 Å². The van der Waals surface area contributed by atoms with E-state index in [-0.39, 0.29) is 33.1 Å². The van der Waals surface area contributed by atoms with Crippen LogP contribution in [0.25, 0.3) is 5.57 Å².